The Balaban J connectivity index is 1.61. The smallest absolute Gasteiger partial charge is 0.292 e. The first-order valence-corrected chi connectivity index (χ1v) is 8.46. The van der Waals surface area contributed by atoms with Gasteiger partial charge in [-0.3, -0.25) is 9.69 Å². The number of rotatable bonds is 3. The highest BCUT2D eigenvalue weighted by atomic mass is 32.1. The van der Waals surface area contributed by atoms with E-state index in [4.69, 9.17) is 0 Å². The maximum absolute atomic E-state index is 11.9. The topological polar surface area (TPSA) is 38.1 Å². The van der Waals surface area contributed by atoms with Gasteiger partial charge < -0.3 is 0 Å². The molecule has 0 radical (unpaired) electrons. The predicted octanol–water partition coefficient (Wildman–Crippen LogP) is 2.46. The van der Waals surface area contributed by atoms with Crippen molar-refractivity contribution in [1.82, 2.24) is 14.7 Å². The van der Waals surface area contributed by atoms with Crippen molar-refractivity contribution < 1.29 is 0 Å². The van der Waals surface area contributed by atoms with E-state index in [9.17, 15) is 4.79 Å². The predicted molar refractivity (Wildman–Crippen MR) is 89.9 cm³/mol. The minimum atomic E-state index is -0.0499. The Labute approximate surface area is 134 Å². The molecule has 0 N–H and O–H groups in total. The third-order valence-electron chi connectivity index (χ3n) is 3.73. The number of benzene rings is 1. The number of likely N-dealkylation sites (tertiary alicyclic amines) is 1. The number of aromatic nitrogens is 2. The summed E-state index contributed by atoms with van der Waals surface area (Å²) in [6, 6.07) is 9.78. The van der Waals surface area contributed by atoms with Crippen molar-refractivity contribution in [3.63, 3.8) is 0 Å². The summed E-state index contributed by atoms with van der Waals surface area (Å²) < 4.78 is 1.45. The van der Waals surface area contributed by atoms with E-state index in [2.05, 4.69) is 21.8 Å². The van der Waals surface area contributed by atoms with Gasteiger partial charge in [0.05, 0.1) is 6.54 Å². The molecule has 0 spiro atoms. The van der Waals surface area contributed by atoms with E-state index in [1.54, 1.807) is 0 Å². The highest BCUT2D eigenvalue weighted by Gasteiger charge is 2.08. The Hall–Kier alpha value is -1.90. The molecule has 114 valence electrons. The van der Waals surface area contributed by atoms with E-state index in [1.807, 2.05) is 30.3 Å². The summed E-state index contributed by atoms with van der Waals surface area (Å²) in [6.45, 7) is 3.45. The molecule has 1 aliphatic heterocycles. The summed E-state index contributed by atoms with van der Waals surface area (Å²) in [6.07, 6.45) is 3.88. The van der Waals surface area contributed by atoms with Crippen molar-refractivity contribution in [2.45, 2.75) is 25.8 Å². The van der Waals surface area contributed by atoms with Crippen molar-refractivity contribution in [3.8, 4) is 22.4 Å². The lowest BCUT2D eigenvalue weighted by atomic mass is 10.1. The molecule has 3 rings (SSSR count). The lowest BCUT2D eigenvalue weighted by Gasteiger charge is -2.23. The van der Waals surface area contributed by atoms with Gasteiger partial charge in [0.2, 0.25) is 0 Å². The molecule has 0 atom stereocenters. The van der Waals surface area contributed by atoms with E-state index in [-0.39, 0.29) is 4.87 Å². The van der Waals surface area contributed by atoms with Crippen LogP contribution in [0.1, 0.15) is 19.3 Å². The second-order valence-corrected chi connectivity index (χ2v) is 6.33. The maximum Gasteiger partial charge on any atom is 0.326 e. The molecule has 0 aliphatic carbocycles. The summed E-state index contributed by atoms with van der Waals surface area (Å²) >= 11 is 1.17. The van der Waals surface area contributed by atoms with Crippen LogP contribution in [-0.2, 0) is 6.54 Å². The number of hydrogen-bond acceptors (Lipinski definition) is 4. The Kier molecular flexibility index (Phi) is 5.04. The van der Waals surface area contributed by atoms with Crippen molar-refractivity contribution in [3.05, 3.63) is 40.0 Å². The molecular formula is C17H19N3OS. The van der Waals surface area contributed by atoms with Gasteiger partial charge in [0.15, 0.2) is 0 Å². The fourth-order valence-corrected chi connectivity index (χ4v) is 3.29. The molecule has 0 bridgehead atoms. The first-order chi connectivity index (χ1) is 10.8. The SMILES string of the molecule is O=c1sc(-c2ccccc2)nn1CC#CCN1CCCCC1. The normalized spacial score (nSPS) is 15.3. The number of hydrogen-bond donors (Lipinski definition) is 0. The molecule has 4 nitrogen and oxygen atoms in total. The van der Waals surface area contributed by atoms with Crippen LogP contribution in [0.3, 0.4) is 0 Å². The zero-order valence-electron chi connectivity index (χ0n) is 12.5. The number of nitrogens with zero attached hydrogens (tertiary/aromatic N) is 3. The first kappa shape index (κ1) is 15.0. The third kappa shape index (κ3) is 3.85. The molecule has 0 saturated carbocycles. The molecule has 1 aromatic carbocycles. The highest BCUT2D eigenvalue weighted by Crippen LogP contribution is 2.18. The Morgan fingerprint density at radius 2 is 1.77 bits per heavy atom. The summed E-state index contributed by atoms with van der Waals surface area (Å²) in [5.74, 6) is 6.23. The molecule has 1 fully saturated rings. The summed E-state index contributed by atoms with van der Waals surface area (Å²) in [4.78, 5) is 14.3. The van der Waals surface area contributed by atoms with E-state index >= 15 is 0 Å². The average molecular weight is 313 g/mol. The van der Waals surface area contributed by atoms with E-state index in [0.717, 1.165) is 30.2 Å². The molecule has 2 heterocycles. The molecule has 1 aromatic heterocycles. The van der Waals surface area contributed by atoms with Gasteiger partial charge in [-0.1, -0.05) is 59.9 Å². The standard InChI is InChI=1S/C17H19N3OS/c21-17-20(14-8-7-13-19-11-5-2-6-12-19)18-16(22-17)15-9-3-1-4-10-15/h1,3-4,9-10H,2,5-6,11-14H2. The second kappa shape index (κ2) is 7.39. The van der Waals surface area contributed by atoms with E-state index < -0.39 is 0 Å². The summed E-state index contributed by atoms with van der Waals surface area (Å²) in [5, 5.41) is 5.12. The van der Waals surface area contributed by atoms with Crippen LogP contribution in [0.25, 0.3) is 10.6 Å². The van der Waals surface area contributed by atoms with E-state index in [1.165, 1.54) is 35.3 Å². The van der Waals surface area contributed by atoms with Gasteiger partial charge in [-0.2, -0.15) is 5.10 Å². The Morgan fingerprint density at radius 1 is 1.05 bits per heavy atom. The largest absolute Gasteiger partial charge is 0.326 e. The van der Waals surface area contributed by atoms with Gasteiger partial charge in [-0.15, -0.1) is 0 Å². The summed E-state index contributed by atoms with van der Waals surface area (Å²) in [5.41, 5.74) is 0.977. The molecule has 1 aliphatic rings. The Morgan fingerprint density at radius 3 is 2.55 bits per heavy atom. The molecule has 2 aromatic rings. The zero-order chi connectivity index (χ0) is 15.2. The molecular weight excluding hydrogens is 294 g/mol. The van der Waals surface area contributed by atoms with Crippen LogP contribution in [0.2, 0.25) is 0 Å². The minimum absolute atomic E-state index is 0.0499. The van der Waals surface area contributed by atoms with Gasteiger partial charge in [-0.25, -0.2) is 4.68 Å². The van der Waals surface area contributed by atoms with E-state index in [0.29, 0.717) is 6.54 Å². The van der Waals surface area contributed by atoms with Crippen molar-refractivity contribution in [2.24, 2.45) is 0 Å². The zero-order valence-corrected chi connectivity index (χ0v) is 13.3. The van der Waals surface area contributed by atoms with Gasteiger partial charge in [0.25, 0.3) is 0 Å². The molecule has 0 amide bonds. The monoisotopic (exact) mass is 313 g/mol. The first-order valence-electron chi connectivity index (χ1n) is 7.64. The van der Waals surface area contributed by atoms with Crippen LogP contribution in [0.4, 0.5) is 0 Å². The van der Waals surface area contributed by atoms with Crippen LogP contribution in [0, 0.1) is 11.8 Å². The molecule has 22 heavy (non-hydrogen) atoms. The second-order valence-electron chi connectivity index (χ2n) is 5.39. The van der Waals surface area contributed by atoms with Crippen LogP contribution < -0.4 is 4.87 Å². The molecule has 1 saturated heterocycles. The fraction of sp³-hybridized carbons (Fsp3) is 0.412. The van der Waals surface area contributed by atoms with Crippen LogP contribution in [0.15, 0.2) is 35.1 Å². The van der Waals surface area contributed by atoms with Crippen LogP contribution >= 0.6 is 11.3 Å². The van der Waals surface area contributed by atoms with Gasteiger partial charge in [0, 0.05) is 5.56 Å². The lowest BCUT2D eigenvalue weighted by Crippen LogP contribution is -2.29. The molecule has 0 unspecified atom stereocenters. The van der Waals surface area contributed by atoms with Gasteiger partial charge in [0.1, 0.15) is 11.6 Å². The fourth-order valence-electron chi connectivity index (χ4n) is 2.52. The van der Waals surface area contributed by atoms with Gasteiger partial charge >= 0.3 is 4.87 Å². The quantitative estimate of drug-likeness (QED) is 0.817. The van der Waals surface area contributed by atoms with Crippen LogP contribution in [-0.4, -0.2) is 34.3 Å². The third-order valence-corrected chi connectivity index (χ3v) is 4.63. The van der Waals surface area contributed by atoms with Crippen molar-refractivity contribution in [1.29, 1.82) is 0 Å². The van der Waals surface area contributed by atoms with Gasteiger partial charge in [-0.05, 0) is 25.9 Å². The van der Waals surface area contributed by atoms with Crippen molar-refractivity contribution in [2.75, 3.05) is 19.6 Å². The minimum Gasteiger partial charge on any atom is -0.292 e. The van der Waals surface area contributed by atoms with Crippen LogP contribution in [0.5, 0.6) is 0 Å². The molecule has 5 heteroatoms. The maximum atomic E-state index is 11.9. The highest BCUT2D eigenvalue weighted by molar-refractivity contribution is 7.12. The lowest BCUT2D eigenvalue weighted by molar-refractivity contribution is 0.255. The Bertz CT molecular complexity index is 718. The summed E-state index contributed by atoms with van der Waals surface area (Å²) in [7, 11) is 0. The average Bonchev–Trinajstić information content (AvgIpc) is 2.94. The number of piperidine rings is 1. The van der Waals surface area contributed by atoms with Crippen molar-refractivity contribution >= 4 is 11.3 Å².